The molecular formula is C15H23NO3S. The van der Waals surface area contributed by atoms with E-state index in [1.807, 2.05) is 0 Å². The Morgan fingerprint density at radius 2 is 2.05 bits per heavy atom. The van der Waals surface area contributed by atoms with E-state index in [1.54, 1.807) is 18.2 Å². The number of nitrogens with one attached hydrogen (secondary N) is 1. The monoisotopic (exact) mass is 297 g/mol. The SMILES string of the molecule is CCC1CCCCC1NS(=O)(=O)c1cccc(CO)c1. The van der Waals surface area contributed by atoms with Gasteiger partial charge < -0.3 is 5.11 Å². The van der Waals surface area contributed by atoms with Crippen molar-refractivity contribution >= 4 is 10.0 Å². The Hall–Kier alpha value is -0.910. The number of sulfonamides is 1. The Kier molecular flexibility index (Phi) is 5.18. The molecule has 2 atom stereocenters. The van der Waals surface area contributed by atoms with E-state index in [4.69, 9.17) is 5.11 Å². The molecule has 2 N–H and O–H groups in total. The van der Waals surface area contributed by atoms with Crippen molar-refractivity contribution in [2.75, 3.05) is 0 Å². The average Bonchev–Trinajstić information content (AvgIpc) is 2.47. The molecular weight excluding hydrogens is 274 g/mol. The zero-order valence-electron chi connectivity index (χ0n) is 11.9. The molecule has 2 unspecified atom stereocenters. The molecule has 0 heterocycles. The zero-order chi connectivity index (χ0) is 14.6. The number of hydrogen-bond acceptors (Lipinski definition) is 3. The highest BCUT2D eigenvalue weighted by Gasteiger charge is 2.28. The van der Waals surface area contributed by atoms with E-state index in [9.17, 15) is 8.42 Å². The van der Waals surface area contributed by atoms with Gasteiger partial charge in [-0.1, -0.05) is 38.3 Å². The molecule has 0 aliphatic heterocycles. The zero-order valence-corrected chi connectivity index (χ0v) is 12.7. The average molecular weight is 297 g/mol. The summed E-state index contributed by atoms with van der Waals surface area (Å²) in [6.07, 6.45) is 5.29. The molecule has 2 rings (SSSR count). The number of hydrogen-bond donors (Lipinski definition) is 2. The van der Waals surface area contributed by atoms with E-state index < -0.39 is 10.0 Å². The highest BCUT2D eigenvalue weighted by molar-refractivity contribution is 7.89. The summed E-state index contributed by atoms with van der Waals surface area (Å²) < 4.78 is 27.7. The molecule has 0 spiro atoms. The van der Waals surface area contributed by atoms with E-state index in [2.05, 4.69) is 11.6 Å². The van der Waals surface area contributed by atoms with Crippen LogP contribution in [0.25, 0.3) is 0 Å². The van der Waals surface area contributed by atoms with Gasteiger partial charge in [0, 0.05) is 6.04 Å². The van der Waals surface area contributed by atoms with Crippen molar-refractivity contribution in [3.8, 4) is 0 Å². The maximum absolute atomic E-state index is 12.4. The van der Waals surface area contributed by atoms with Gasteiger partial charge in [-0.2, -0.15) is 0 Å². The van der Waals surface area contributed by atoms with E-state index in [-0.39, 0.29) is 17.5 Å². The van der Waals surface area contributed by atoms with Crippen LogP contribution in [-0.4, -0.2) is 19.6 Å². The van der Waals surface area contributed by atoms with Gasteiger partial charge >= 0.3 is 0 Å². The van der Waals surface area contributed by atoms with Crippen molar-refractivity contribution in [2.24, 2.45) is 5.92 Å². The van der Waals surface area contributed by atoms with Gasteiger partial charge in [0.15, 0.2) is 0 Å². The van der Waals surface area contributed by atoms with Crippen molar-refractivity contribution in [3.63, 3.8) is 0 Å². The van der Waals surface area contributed by atoms with Gasteiger partial charge in [-0.05, 0) is 36.5 Å². The fourth-order valence-electron chi connectivity index (χ4n) is 2.93. The Morgan fingerprint density at radius 3 is 2.75 bits per heavy atom. The first-order chi connectivity index (χ1) is 9.56. The highest BCUT2D eigenvalue weighted by atomic mass is 32.2. The van der Waals surface area contributed by atoms with E-state index in [0.29, 0.717) is 11.5 Å². The van der Waals surface area contributed by atoms with Gasteiger partial charge in [-0.25, -0.2) is 13.1 Å². The third-order valence-electron chi connectivity index (χ3n) is 4.13. The third-order valence-corrected chi connectivity index (χ3v) is 5.62. The summed E-state index contributed by atoms with van der Waals surface area (Å²) in [5.41, 5.74) is 0.614. The minimum Gasteiger partial charge on any atom is -0.392 e. The largest absolute Gasteiger partial charge is 0.392 e. The minimum absolute atomic E-state index is 0.0385. The van der Waals surface area contributed by atoms with Crippen LogP contribution in [0.5, 0.6) is 0 Å². The summed E-state index contributed by atoms with van der Waals surface area (Å²) in [6, 6.07) is 6.53. The van der Waals surface area contributed by atoms with E-state index in [0.717, 1.165) is 25.7 Å². The predicted molar refractivity (Wildman–Crippen MR) is 78.7 cm³/mol. The van der Waals surface area contributed by atoms with Gasteiger partial charge in [0.2, 0.25) is 10.0 Å². The lowest BCUT2D eigenvalue weighted by Gasteiger charge is -2.31. The number of benzene rings is 1. The molecule has 1 aromatic carbocycles. The molecule has 0 aromatic heterocycles. The van der Waals surface area contributed by atoms with Gasteiger partial charge in [0.25, 0.3) is 0 Å². The molecule has 1 fully saturated rings. The fourth-order valence-corrected chi connectivity index (χ4v) is 4.34. The molecule has 1 aliphatic rings. The van der Waals surface area contributed by atoms with Crippen LogP contribution >= 0.6 is 0 Å². The molecule has 5 heteroatoms. The van der Waals surface area contributed by atoms with Crippen LogP contribution in [0.15, 0.2) is 29.2 Å². The summed E-state index contributed by atoms with van der Waals surface area (Å²) in [5.74, 6) is 0.430. The second-order valence-electron chi connectivity index (χ2n) is 5.49. The van der Waals surface area contributed by atoms with Crippen molar-refractivity contribution in [1.29, 1.82) is 0 Å². The van der Waals surface area contributed by atoms with Crippen LogP contribution < -0.4 is 4.72 Å². The first kappa shape index (κ1) is 15.5. The summed E-state index contributed by atoms with van der Waals surface area (Å²) in [5, 5.41) is 9.11. The van der Waals surface area contributed by atoms with Gasteiger partial charge in [-0.3, -0.25) is 0 Å². The number of aliphatic hydroxyl groups is 1. The van der Waals surface area contributed by atoms with Crippen molar-refractivity contribution in [2.45, 2.75) is 56.6 Å². The lowest BCUT2D eigenvalue weighted by molar-refractivity contribution is 0.281. The Labute approximate surface area is 121 Å². The molecule has 1 aromatic rings. The predicted octanol–water partition coefficient (Wildman–Crippen LogP) is 2.43. The Balaban J connectivity index is 2.17. The molecule has 0 amide bonds. The van der Waals surface area contributed by atoms with E-state index >= 15 is 0 Å². The minimum atomic E-state index is -3.50. The van der Waals surface area contributed by atoms with Crippen molar-refractivity contribution in [1.82, 2.24) is 4.72 Å². The quantitative estimate of drug-likeness (QED) is 0.877. The maximum atomic E-state index is 12.4. The van der Waals surface area contributed by atoms with Gasteiger partial charge in [-0.15, -0.1) is 0 Å². The number of aliphatic hydroxyl groups excluding tert-OH is 1. The van der Waals surface area contributed by atoms with Crippen LogP contribution in [0.4, 0.5) is 0 Å². The van der Waals surface area contributed by atoms with Gasteiger partial charge in [0.05, 0.1) is 11.5 Å². The molecule has 20 heavy (non-hydrogen) atoms. The lowest BCUT2D eigenvalue weighted by Crippen LogP contribution is -2.41. The number of rotatable bonds is 5. The first-order valence-corrected chi connectivity index (χ1v) is 8.77. The smallest absolute Gasteiger partial charge is 0.240 e. The molecule has 1 saturated carbocycles. The van der Waals surface area contributed by atoms with Crippen LogP contribution in [0.2, 0.25) is 0 Å². The molecule has 4 nitrogen and oxygen atoms in total. The molecule has 0 bridgehead atoms. The first-order valence-electron chi connectivity index (χ1n) is 7.29. The standard InChI is InChI=1S/C15H23NO3S/c1-2-13-7-3-4-9-15(13)16-20(18,19)14-8-5-6-12(10-14)11-17/h5-6,8,10,13,15-17H,2-4,7,9,11H2,1H3. The van der Waals surface area contributed by atoms with Crippen LogP contribution in [0.3, 0.4) is 0 Å². The van der Waals surface area contributed by atoms with E-state index in [1.165, 1.54) is 12.5 Å². The molecule has 1 aliphatic carbocycles. The fraction of sp³-hybridized carbons (Fsp3) is 0.600. The second-order valence-corrected chi connectivity index (χ2v) is 7.20. The van der Waals surface area contributed by atoms with Crippen LogP contribution in [0.1, 0.15) is 44.6 Å². The van der Waals surface area contributed by atoms with Crippen LogP contribution in [0, 0.1) is 5.92 Å². The third kappa shape index (κ3) is 3.59. The topological polar surface area (TPSA) is 66.4 Å². The highest BCUT2D eigenvalue weighted by Crippen LogP contribution is 2.28. The Morgan fingerprint density at radius 1 is 1.30 bits per heavy atom. The summed E-state index contributed by atoms with van der Waals surface area (Å²) in [7, 11) is -3.50. The van der Waals surface area contributed by atoms with Crippen molar-refractivity contribution < 1.29 is 13.5 Å². The molecule has 0 saturated heterocycles. The van der Waals surface area contributed by atoms with Crippen molar-refractivity contribution in [3.05, 3.63) is 29.8 Å². The Bertz CT molecular complexity index is 542. The summed E-state index contributed by atoms with van der Waals surface area (Å²) in [6.45, 7) is 1.97. The van der Waals surface area contributed by atoms with Crippen LogP contribution in [-0.2, 0) is 16.6 Å². The maximum Gasteiger partial charge on any atom is 0.240 e. The summed E-state index contributed by atoms with van der Waals surface area (Å²) in [4.78, 5) is 0.240. The van der Waals surface area contributed by atoms with Gasteiger partial charge in [0.1, 0.15) is 0 Å². The molecule has 112 valence electrons. The normalized spacial score (nSPS) is 23.7. The second kappa shape index (κ2) is 6.70. The summed E-state index contributed by atoms with van der Waals surface area (Å²) >= 11 is 0. The lowest BCUT2D eigenvalue weighted by atomic mass is 9.83. The molecule has 0 radical (unpaired) electrons.